The smallest absolute Gasteiger partial charge is 0.158 e. The molecule has 3 N–H and O–H groups in total. The lowest BCUT2D eigenvalue weighted by atomic mass is 9.89. The highest BCUT2D eigenvalue weighted by atomic mass is 16.5. The van der Waals surface area contributed by atoms with E-state index in [0.29, 0.717) is 18.5 Å². The Morgan fingerprint density at radius 3 is 2.65 bits per heavy atom. The lowest BCUT2D eigenvalue weighted by Crippen LogP contribution is -2.20. The van der Waals surface area contributed by atoms with Crippen molar-refractivity contribution in [2.24, 2.45) is 11.8 Å². The number of nitrogens with one attached hydrogen (secondary N) is 1. The van der Waals surface area contributed by atoms with Crippen molar-refractivity contribution in [3.8, 4) is 0 Å². The number of nitrogen functional groups attached to an aromatic ring is 1. The fraction of sp³-hybridized carbons (Fsp3) is 0.667. The maximum atomic E-state index is 5.84. The van der Waals surface area contributed by atoms with Gasteiger partial charge in [-0.15, -0.1) is 0 Å². The van der Waals surface area contributed by atoms with E-state index in [1.54, 1.807) is 12.4 Å². The fourth-order valence-corrected chi connectivity index (χ4v) is 2.10. The Hall–Kier alpha value is -1.20. The molecule has 2 rings (SSSR count). The van der Waals surface area contributed by atoms with Crippen molar-refractivity contribution in [1.29, 1.82) is 0 Å². The van der Waals surface area contributed by atoms with Gasteiger partial charge in [-0.3, -0.25) is 4.98 Å². The molecule has 0 unspecified atom stereocenters. The summed E-state index contributed by atoms with van der Waals surface area (Å²) >= 11 is 0. The van der Waals surface area contributed by atoms with Gasteiger partial charge in [0.2, 0.25) is 0 Å². The Balaban J connectivity index is 1.77. The van der Waals surface area contributed by atoms with Crippen LogP contribution in [-0.4, -0.2) is 16.1 Å². The van der Waals surface area contributed by atoms with E-state index in [9.17, 15) is 0 Å². The molecule has 0 spiro atoms. The number of nitrogens with two attached hydrogens (primary N) is 1. The van der Waals surface area contributed by atoms with Crippen LogP contribution in [0.1, 0.15) is 38.3 Å². The van der Waals surface area contributed by atoms with Crippen LogP contribution in [0.3, 0.4) is 0 Å². The summed E-state index contributed by atoms with van der Waals surface area (Å²) in [5.74, 6) is 6.64. The number of rotatable bonds is 4. The van der Waals surface area contributed by atoms with Crippen LogP contribution in [0.4, 0.5) is 5.82 Å². The highest BCUT2D eigenvalue weighted by Crippen LogP contribution is 2.25. The molecular weight excluding hydrogens is 216 g/mol. The van der Waals surface area contributed by atoms with Gasteiger partial charge in [0.05, 0.1) is 30.8 Å². The second-order valence-corrected chi connectivity index (χ2v) is 4.73. The topological polar surface area (TPSA) is 73.1 Å². The Bertz CT molecular complexity index is 333. The predicted octanol–water partition coefficient (Wildman–Crippen LogP) is 1.86. The molecule has 0 saturated heterocycles. The summed E-state index contributed by atoms with van der Waals surface area (Å²) in [6.07, 6.45) is 8.56. The van der Waals surface area contributed by atoms with Gasteiger partial charge in [0, 0.05) is 0 Å². The number of hydrogen-bond donors (Lipinski definition) is 2. The zero-order valence-electron chi connectivity index (χ0n) is 10.2. The van der Waals surface area contributed by atoms with Crippen LogP contribution in [0.15, 0.2) is 12.4 Å². The van der Waals surface area contributed by atoms with Gasteiger partial charge in [0.1, 0.15) is 0 Å². The van der Waals surface area contributed by atoms with Gasteiger partial charge in [-0.05, 0) is 31.6 Å². The minimum absolute atomic E-state index is 0.389. The summed E-state index contributed by atoms with van der Waals surface area (Å²) < 4.78 is 5.84. The number of hydrogen-bond acceptors (Lipinski definition) is 5. The van der Waals surface area contributed by atoms with Crippen molar-refractivity contribution < 1.29 is 4.74 Å². The Labute approximate surface area is 102 Å². The predicted molar refractivity (Wildman–Crippen MR) is 66.1 cm³/mol. The molecule has 1 fully saturated rings. The third kappa shape index (κ3) is 3.64. The third-order valence-electron chi connectivity index (χ3n) is 3.28. The SMILES string of the molecule is CC1CCC(OCc2cnc(NN)cn2)CC1. The first-order valence-corrected chi connectivity index (χ1v) is 6.17. The van der Waals surface area contributed by atoms with Crippen LogP contribution in [0.5, 0.6) is 0 Å². The van der Waals surface area contributed by atoms with E-state index in [4.69, 9.17) is 10.6 Å². The van der Waals surface area contributed by atoms with E-state index < -0.39 is 0 Å². The standard InChI is InChI=1S/C12H20N4O/c1-9-2-4-11(5-3-9)17-8-10-6-15-12(16-13)7-14-10/h6-7,9,11H,2-5,8,13H2,1H3,(H,15,16). The van der Waals surface area contributed by atoms with Gasteiger partial charge in [-0.2, -0.15) is 0 Å². The zero-order valence-corrected chi connectivity index (χ0v) is 10.2. The molecular formula is C12H20N4O. The van der Waals surface area contributed by atoms with Gasteiger partial charge >= 0.3 is 0 Å². The molecule has 1 heterocycles. The van der Waals surface area contributed by atoms with Crippen LogP contribution in [-0.2, 0) is 11.3 Å². The quantitative estimate of drug-likeness (QED) is 0.616. The maximum absolute atomic E-state index is 5.84. The Morgan fingerprint density at radius 2 is 2.06 bits per heavy atom. The number of aromatic nitrogens is 2. The monoisotopic (exact) mass is 236 g/mol. The van der Waals surface area contributed by atoms with E-state index in [-0.39, 0.29) is 0 Å². The van der Waals surface area contributed by atoms with Crippen molar-refractivity contribution in [3.63, 3.8) is 0 Å². The normalized spacial score (nSPS) is 24.6. The zero-order chi connectivity index (χ0) is 12.1. The average Bonchev–Trinajstić information content (AvgIpc) is 2.39. The summed E-state index contributed by atoms with van der Waals surface area (Å²) in [5, 5.41) is 0. The van der Waals surface area contributed by atoms with E-state index in [1.807, 2.05) is 0 Å². The van der Waals surface area contributed by atoms with Crippen molar-refractivity contribution in [3.05, 3.63) is 18.1 Å². The minimum Gasteiger partial charge on any atom is -0.372 e. The third-order valence-corrected chi connectivity index (χ3v) is 3.28. The molecule has 5 nitrogen and oxygen atoms in total. The first-order chi connectivity index (χ1) is 8.28. The van der Waals surface area contributed by atoms with Gasteiger partial charge in [0.25, 0.3) is 0 Å². The first-order valence-electron chi connectivity index (χ1n) is 6.17. The molecule has 0 aliphatic heterocycles. The Kier molecular flexibility index (Phi) is 4.28. The molecule has 17 heavy (non-hydrogen) atoms. The molecule has 1 aliphatic rings. The van der Waals surface area contributed by atoms with Crippen molar-refractivity contribution in [2.75, 3.05) is 5.43 Å². The molecule has 1 saturated carbocycles. The van der Waals surface area contributed by atoms with Gasteiger partial charge in [0.15, 0.2) is 5.82 Å². The number of nitrogens with zero attached hydrogens (tertiary/aromatic N) is 2. The molecule has 0 radical (unpaired) electrons. The van der Waals surface area contributed by atoms with Crippen molar-refractivity contribution >= 4 is 5.82 Å². The number of ether oxygens (including phenoxy) is 1. The lowest BCUT2D eigenvalue weighted by Gasteiger charge is -2.26. The molecule has 1 aromatic rings. The van der Waals surface area contributed by atoms with E-state index in [0.717, 1.165) is 24.5 Å². The summed E-state index contributed by atoms with van der Waals surface area (Å²) in [6, 6.07) is 0. The highest BCUT2D eigenvalue weighted by molar-refractivity contribution is 5.28. The average molecular weight is 236 g/mol. The molecule has 0 bridgehead atoms. The maximum Gasteiger partial charge on any atom is 0.158 e. The summed E-state index contributed by atoms with van der Waals surface area (Å²) in [6.45, 7) is 2.84. The summed E-state index contributed by atoms with van der Waals surface area (Å²) in [5.41, 5.74) is 3.30. The molecule has 1 aromatic heterocycles. The highest BCUT2D eigenvalue weighted by Gasteiger charge is 2.18. The minimum atomic E-state index is 0.389. The molecule has 0 aromatic carbocycles. The second-order valence-electron chi connectivity index (χ2n) is 4.73. The summed E-state index contributed by atoms with van der Waals surface area (Å²) in [7, 11) is 0. The van der Waals surface area contributed by atoms with E-state index in [2.05, 4.69) is 22.3 Å². The molecule has 0 atom stereocenters. The van der Waals surface area contributed by atoms with Crippen LogP contribution >= 0.6 is 0 Å². The Morgan fingerprint density at radius 1 is 1.29 bits per heavy atom. The largest absolute Gasteiger partial charge is 0.372 e. The molecule has 1 aliphatic carbocycles. The van der Waals surface area contributed by atoms with Gasteiger partial charge < -0.3 is 10.2 Å². The van der Waals surface area contributed by atoms with Crippen LogP contribution in [0.2, 0.25) is 0 Å². The van der Waals surface area contributed by atoms with Crippen LogP contribution in [0, 0.1) is 5.92 Å². The van der Waals surface area contributed by atoms with Crippen LogP contribution in [0.25, 0.3) is 0 Å². The van der Waals surface area contributed by atoms with Gasteiger partial charge in [-0.1, -0.05) is 6.92 Å². The van der Waals surface area contributed by atoms with Crippen molar-refractivity contribution in [1.82, 2.24) is 9.97 Å². The molecule has 0 amide bonds. The van der Waals surface area contributed by atoms with Crippen molar-refractivity contribution in [2.45, 2.75) is 45.3 Å². The van der Waals surface area contributed by atoms with Crippen LogP contribution < -0.4 is 11.3 Å². The lowest BCUT2D eigenvalue weighted by molar-refractivity contribution is 0.00716. The first kappa shape index (κ1) is 12.3. The molecule has 5 heteroatoms. The van der Waals surface area contributed by atoms with E-state index in [1.165, 1.54) is 12.8 Å². The van der Waals surface area contributed by atoms with E-state index >= 15 is 0 Å². The molecule has 94 valence electrons. The second kappa shape index (κ2) is 5.93. The summed E-state index contributed by atoms with van der Waals surface area (Å²) in [4.78, 5) is 8.31. The van der Waals surface area contributed by atoms with Gasteiger partial charge in [-0.25, -0.2) is 10.8 Å². The number of anilines is 1. The number of hydrazine groups is 1. The fourth-order valence-electron chi connectivity index (χ4n) is 2.10.